The summed E-state index contributed by atoms with van der Waals surface area (Å²) < 4.78 is 5.70. The molecule has 0 atom stereocenters. The third-order valence-electron chi connectivity index (χ3n) is 3.91. The summed E-state index contributed by atoms with van der Waals surface area (Å²) in [5.74, 6) is 0.0707. The molecule has 2 rings (SSSR count). The van der Waals surface area contributed by atoms with Crippen LogP contribution >= 0.6 is 0 Å². The summed E-state index contributed by atoms with van der Waals surface area (Å²) in [5, 5.41) is 30.7. The number of nitrogens with one attached hydrogen (secondary N) is 1. The quantitative estimate of drug-likeness (QED) is 0.616. The van der Waals surface area contributed by atoms with E-state index in [1.807, 2.05) is 44.2 Å². The molecule has 140 valence electrons. The molecule has 0 fully saturated rings. The fourth-order valence-corrected chi connectivity index (χ4v) is 2.76. The second kappa shape index (κ2) is 10.8. The summed E-state index contributed by atoms with van der Waals surface area (Å²) in [6.45, 7) is 10.3. The Hall–Kier alpha value is -3.07. The van der Waals surface area contributed by atoms with E-state index in [2.05, 4.69) is 25.2 Å². The van der Waals surface area contributed by atoms with E-state index in [0.29, 0.717) is 5.57 Å². The summed E-state index contributed by atoms with van der Waals surface area (Å²) in [6.07, 6.45) is 2.50. The van der Waals surface area contributed by atoms with Gasteiger partial charge < -0.3 is 10.1 Å². The maximum Gasteiger partial charge on any atom is 0.172 e. The molecule has 0 radical (unpaired) electrons. The summed E-state index contributed by atoms with van der Waals surface area (Å²) in [6, 6.07) is 15.0. The average Bonchev–Trinajstić information content (AvgIpc) is 2.95. The van der Waals surface area contributed by atoms with E-state index in [9.17, 15) is 5.26 Å². The predicted octanol–water partition coefficient (Wildman–Crippen LogP) is 4.47. The van der Waals surface area contributed by atoms with Crippen molar-refractivity contribution in [3.63, 3.8) is 0 Å². The molecule has 1 heterocycles. The number of ether oxygens (including phenoxy) is 1. The second-order valence-electron chi connectivity index (χ2n) is 6.52. The van der Waals surface area contributed by atoms with Crippen LogP contribution in [0.5, 0.6) is 0 Å². The van der Waals surface area contributed by atoms with E-state index in [1.165, 1.54) is 25.9 Å². The number of nitriles is 3. The van der Waals surface area contributed by atoms with Crippen molar-refractivity contribution in [3.8, 4) is 18.2 Å². The van der Waals surface area contributed by atoms with Crippen LogP contribution in [0.25, 0.3) is 5.57 Å². The Balaban J connectivity index is 0.000000445. The van der Waals surface area contributed by atoms with E-state index in [1.54, 1.807) is 12.1 Å². The van der Waals surface area contributed by atoms with Gasteiger partial charge >= 0.3 is 0 Å². The predicted molar refractivity (Wildman–Crippen MR) is 106 cm³/mol. The lowest BCUT2D eigenvalue weighted by Crippen LogP contribution is -2.20. The highest BCUT2D eigenvalue weighted by molar-refractivity contribution is 5.84. The zero-order valence-electron chi connectivity index (χ0n) is 16.5. The standard InChI is InChI=1S/C16H11N3O.C6H15N/c1-16(2)14(11-6-4-3-5-7-11)13(10-19)15(20-16)12(8-17)9-18;1-3-5-7-6-4-2/h3-7H,1-2H3;7H,3-6H2,1-2H3. The molecule has 0 aliphatic carbocycles. The van der Waals surface area contributed by atoms with Crippen LogP contribution in [-0.4, -0.2) is 18.7 Å². The second-order valence-corrected chi connectivity index (χ2v) is 6.52. The van der Waals surface area contributed by atoms with Crippen LogP contribution in [0.1, 0.15) is 46.1 Å². The molecule has 0 spiro atoms. The summed E-state index contributed by atoms with van der Waals surface area (Å²) in [7, 11) is 0. The van der Waals surface area contributed by atoms with Crippen LogP contribution in [-0.2, 0) is 4.74 Å². The molecule has 1 aromatic rings. The van der Waals surface area contributed by atoms with Gasteiger partial charge in [-0.1, -0.05) is 44.2 Å². The van der Waals surface area contributed by atoms with E-state index in [4.69, 9.17) is 15.3 Å². The number of rotatable bonds is 5. The number of benzene rings is 1. The summed E-state index contributed by atoms with van der Waals surface area (Å²) in [5.41, 5.74) is 0.846. The van der Waals surface area contributed by atoms with Crippen LogP contribution in [0.15, 0.2) is 47.2 Å². The Morgan fingerprint density at radius 1 is 1.00 bits per heavy atom. The molecular formula is C22H26N4O. The lowest BCUT2D eigenvalue weighted by molar-refractivity contribution is 0.109. The molecule has 1 aromatic carbocycles. The molecule has 0 bridgehead atoms. The molecular weight excluding hydrogens is 336 g/mol. The zero-order valence-corrected chi connectivity index (χ0v) is 16.5. The first-order valence-corrected chi connectivity index (χ1v) is 9.11. The van der Waals surface area contributed by atoms with Gasteiger partial charge in [-0.25, -0.2) is 0 Å². The van der Waals surface area contributed by atoms with Crippen LogP contribution in [0.2, 0.25) is 0 Å². The van der Waals surface area contributed by atoms with E-state index in [-0.39, 0.29) is 16.9 Å². The molecule has 0 aromatic heterocycles. The van der Waals surface area contributed by atoms with Gasteiger partial charge in [0.1, 0.15) is 29.4 Å². The van der Waals surface area contributed by atoms with Crippen molar-refractivity contribution in [1.82, 2.24) is 5.32 Å². The van der Waals surface area contributed by atoms with Gasteiger partial charge in [-0.2, -0.15) is 15.8 Å². The highest BCUT2D eigenvalue weighted by Gasteiger charge is 2.40. The minimum Gasteiger partial charge on any atom is -0.480 e. The fourth-order valence-electron chi connectivity index (χ4n) is 2.76. The molecule has 0 saturated carbocycles. The third-order valence-corrected chi connectivity index (χ3v) is 3.91. The highest BCUT2D eigenvalue weighted by atomic mass is 16.5. The van der Waals surface area contributed by atoms with Gasteiger partial charge in [-0.15, -0.1) is 0 Å². The van der Waals surface area contributed by atoms with Crippen LogP contribution in [0, 0.1) is 34.0 Å². The molecule has 27 heavy (non-hydrogen) atoms. The monoisotopic (exact) mass is 362 g/mol. The van der Waals surface area contributed by atoms with Gasteiger partial charge in [-0.3, -0.25) is 0 Å². The van der Waals surface area contributed by atoms with Crippen molar-refractivity contribution in [2.75, 3.05) is 13.1 Å². The molecule has 0 unspecified atom stereocenters. The van der Waals surface area contributed by atoms with Gasteiger partial charge in [0.05, 0.1) is 0 Å². The van der Waals surface area contributed by atoms with Crippen molar-refractivity contribution in [1.29, 1.82) is 15.8 Å². The minimum absolute atomic E-state index is 0.0707. The number of allylic oxidation sites excluding steroid dienone is 2. The van der Waals surface area contributed by atoms with Gasteiger partial charge in [0.25, 0.3) is 0 Å². The molecule has 0 amide bonds. The van der Waals surface area contributed by atoms with Crippen LogP contribution in [0.4, 0.5) is 0 Å². The maximum absolute atomic E-state index is 9.40. The molecule has 1 aliphatic heterocycles. The van der Waals surface area contributed by atoms with Crippen molar-refractivity contribution in [3.05, 3.63) is 52.8 Å². The van der Waals surface area contributed by atoms with Crippen molar-refractivity contribution in [2.45, 2.75) is 46.1 Å². The lowest BCUT2D eigenvalue weighted by Gasteiger charge is -2.22. The van der Waals surface area contributed by atoms with Crippen LogP contribution in [0.3, 0.4) is 0 Å². The average molecular weight is 362 g/mol. The summed E-state index contributed by atoms with van der Waals surface area (Å²) in [4.78, 5) is 0. The number of hydrogen-bond donors (Lipinski definition) is 1. The SMILES string of the molecule is CC1(C)OC(=C(C#N)C#N)C(C#N)=C1c1ccccc1.CCCNCCC. The van der Waals surface area contributed by atoms with Gasteiger partial charge in [0.2, 0.25) is 0 Å². The Morgan fingerprint density at radius 2 is 1.56 bits per heavy atom. The van der Waals surface area contributed by atoms with Crippen molar-refractivity contribution >= 4 is 5.57 Å². The number of hydrogen-bond acceptors (Lipinski definition) is 5. The largest absolute Gasteiger partial charge is 0.480 e. The Kier molecular flexibility index (Phi) is 8.80. The Bertz CT molecular complexity index is 795. The number of nitrogens with zero attached hydrogens (tertiary/aromatic N) is 3. The van der Waals surface area contributed by atoms with E-state index < -0.39 is 5.60 Å². The van der Waals surface area contributed by atoms with Crippen LogP contribution < -0.4 is 5.32 Å². The van der Waals surface area contributed by atoms with Gasteiger partial charge in [0, 0.05) is 5.57 Å². The fraction of sp³-hybridized carbons (Fsp3) is 0.409. The maximum atomic E-state index is 9.40. The first kappa shape index (κ1) is 22.0. The van der Waals surface area contributed by atoms with Crippen molar-refractivity contribution in [2.24, 2.45) is 0 Å². The molecule has 1 N–H and O–H groups in total. The van der Waals surface area contributed by atoms with Gasteiger partial charge in [-0.05, 0) is 45.3 Å². The van der Waals surface area contributed by atoms with Gasteiger partial charge in [0.15, 0.2) is 11.3 Å². The lowest BCUT2D eigenvalue weighted by atomic mass is 9.89. The molecule has 5 nitrogen and oxygen atoms in total. The Labute approximate surface area is 162 Å². The minimum atomic E-state index is -0.763. The third kappa shape index (κ3) is 5.71. The molecule has 5 heteroatoms. The topological polar surface area (TPSA) is 92.6 Å². The highest BCUT2D eigenvalue weighted by Crippen LogP contribution is 2.44. The first-order valence-electron chi connectivity index (χ1n) is 9.11. The normalized spacial score (nSPS) is 14.2. The summed E-state index contributed by atoms with van der Waals surface area (Å²) >= 11 is 0. The zero-order chi connectivity index (χ0) is 20.3. The smallest absolute Gasteiger partial charge is 0.172 e. The Morgan fingerprint density at radius 3 is 2.00 bits per heavy atom. The van der Waals surface area contributed by atoms with E-state index >= 15 is 0 Å². The first-order chi connectivity index (χ1) is 13.0. The molecule has 0 saturated heterocycles. The molecule has 1 aliphatic rings. The van der Waals surface area contributed by atoms with E-state index in [0.717, 1.165) is 5.56 Å². The van der Waals surface area contributed by atoms with Crippen molar-refractivity contribution < 1.29 is 4.74 Å².